The summed E-state index contributed by atoms with van der Waals surface area (Å²) in [5.74, 6) is -0.413. The molecule has 3 rings (SSSR count). The summed E-state index contributed by atoms with van der Waals surface area (Å²) in [7, 11) is 0. The van der Waals surface area contributed by atoms with Crippen molar-refractivity contribution in [2.75, 3.05) is 5.32 Å². The fraction of sp³-hybridized carbons (Fsp3) is 0.118. The Morgan fingerprint density at radius 3 is 2.68 bits per heavy atom. The highest BCUT2D eigenvalue weighted by Crippen LogP contribution is 2.12. The van der Waals surface area contributed by atoms with E-state index in [1.54, 1.807) is 30.5 Å². The lowest BCUT2D eigenvalue weighted by Crippen LogP contribution is -2.29. The van der Waals surface area contributed by atoms with E-state index in [0.29, 0.717) is 17.9 Å². The van der Waals surface area contributed by atoms with Crippen molar-refractivity contribution < 1.29 is 4.79 Å². The summed E-state index contributed by atoms with van der Waals surface area (Å²) in [6.45, 7) is 2.31. The Morgan fingerprint density at radius 2 is 1.95 bits per heavy atom. The first kappa shape index (κ1) is 14.0. The molecule has 5 nitrogen and oxygen atoms in total. The minimum atomic E-state index is -0.413. The van der Waals surface area contributed by atoms with Gasteiger partial charge in [0.25, 0.3) is 11.5 Å². The number of carbonyl (C=O) groups is 1. The smallest absolute Gasteiger partial charge is 0.265 e. The standard InChI is InChI=1S/C17H15N3O2/c1-2-20-15-12(7-6-10-18-15)11-14(17(20)22)16(21)19-13-8-4-3-5-9-13/h3-11H,2H2,1H3,(H,19,21). The second-order valence-electron chi connectivity index (χ2n) is 4.84. The van der Waals surface area contributed by atoms with E-state index < -0.39 is 5.91 Å². The lowest BCUT2D eigenvalue weighted by molar-refractivity contribution is 0.102. The van der Waals surface area contributed by atoms with E-state index in [1.807, 2.05) is 31.2 Å². The molecule has 0 saturated heterocycles. The number of rotatable bonds is 3. The number of hydrogen-bond acceptors (Lipinski definition) is 3. The normalized spacial score (nSPS) is 10.6. The van der Waals surface area contributed by atoms with Crippen molar-refractivity contribution in [1.29, 1.82) is 0 Å². The van der Waals surface area contributed by atoms with Gasteiger partial charge in [0.2, 0.25) is 0 Å². The molecule has 0 aliphatic heterocycles. The molecule has 3 aromatic rings. The molecule has 0 atom stereocenters. The third-order valence-corrected chi connectivity index (χ3v) is 3.44. The van der Waals surface area contributed by atoms with Crippen molar-refractivity contribution in [2.45, 2.75) is 13.5 Å². The number of aromatic nitrogens is 2. The molecule has 0 saturated carbocycles. The fourth-order valence-corrected chi connectivity index (χ4v) is 2.38. The van der Waals surface area contributed by atoms with E-state index in [2.05, 4.69) is 10.3 Å². The van der Waals surface area contributed by atoms with Gasteiger partial charge >= 0.3 is 0 Å². The van der Waals surface area contributed by atoms with E-state index in [9.17, 15) is 9.59 Å². The monoisotopic (exact) mass is 293 g/mol. The van der Waals surface area contributed by atoms with Crippen molar-refractivity contribution in [2.24, 2.45) is 0 Å². The van der Waals surface area contributed by atoms with E-state index in [4.69, 9.17) is 0 Å². The fourth-order valence-electron chi connectivity index (χ4n) is 2.38. The number of nitrogens with zero attached hydrogens (tertiary/aromatic N) is 2. The SMILES string of the molecule is CCn1c(=O)c(C(=O)Nc2ccccc2)cc2cccnc21. The van der Waals surface area contributed by atoms with Crippen LogP contribution in [0.2, 0.25) is 0 Å². The summed E-state index contributed by atoms with van der Waals surface area (Å²) in [4.78, 5) is 29.1. The van der Waals surface area contributed by atoms with Gasteiger partial charge in [-0.05, 0) is 37.3 Å². The molecule has 0 unspecified atom stereocenters. The predicted molar refractivity (Wildman–Crippen MR) is 86.1 cm³/mol. The number of hydrogen-bond donors (Lipinski definition) is 1. The van der Waals surface area contributed by atoms with Gasteiger partial charge in [-0.3, -0.25) is 14.2 Å². The van der Waals surface area contributed by atoms with Gasteiger partial charge in [-0.1, -0.05) is 18.2 Å². The molecule has 22 heavy (non-hydrogen) atoms. The van der Waals surface area contributed by atoms with Crippen molar-refractivity contribution in [3.05, 3.63) is 70.6 Å². The first-order valence-corrected chi connectivity index (χ1v) is 7.05. The van der Waals surface area contributed by atoms with Gasteiger partial charge in [0.15, 0.2) is 0 Å². The highest BCUT2D eigenvalue weighted by atomic mass is 16.2. The summed E-state index contributed by atoms with van der Waals surface area (Å²) in [6.07, 6.45) is 1.64. The Bertz CT molecular complexity index is 885. The molecular weight excluding hydrogens is 278 g/mol. The van der Waals surface area contributed by atoms with E-state index in [-0.39, 0.29) is 11.1 Å². The van der Waals surface area contributed by atoms with Gasteiger partial charge in [-0.15, -0.1) is 0 Å². The minimum Gasteiger partial charge on any atom is -0.322 e. The Kier molecular flexibility index (Phi) is 3.70. The number of nitrogens with one attached hydrogen (secondary N) is 1. The van der Waals surface area contributed by atoms with Crippen LogP contribution in [0.25, 0.3) is 11.0 Å². The van der Waals surface area contributed by atoms with Gasteiger partial charge in [0, 0.05) is 23.8 Å². The molecule has 110 valence electrons. The molecule has 5 heteroatoms. The Balaban J connectivity index is 2.09. The van der Waals surface area contributed by atoms with Gasteiger partial charge in [-0.2, -0.15) is 0 Å². The summed E-state index contributed by atoms with van der Waals surface area (Å²) >= 11 is 0. The number of amides is 1. The third kappa shape index (κ3) is 2.48. The number of aryl methyl sites for hydroxylation is 1. The summed E-state index contributed by atoms with van der Waals surface area (Å²) in [5, 5.41) is 3.51. The van der Waals surface area contributed by atoms with Gasteiger partial charge in [0.05, 0.1) is 0 Å². The van der Waals surface area contributed by atoms with Crippen LogP contribution in [0.5, 0.6) is 0 Å². The molecule has 2 aromatic heterocycles. The minimum absolute atomic E-state index is 0.117. The van der Waals surface area contributed by atoms with Gasteiger partial charge in [-0.25, -0.2) is 4.98 Å². The van der Waals surface area contributed by atoms with Crippen LogP contribution < -0.4 is 10.9 Å². The lowest BCUT2D eigenvalue weighted by Gasteiger charge is -2.10. The molecule has 0 aliphatic carbocycles. The Morgan fingerprint density at radius 1 is 1.18 bits per heavy atom. The molecular formula is C17H15N3O2. The molecule has 0 spiro atoms. The van der Waals surface area contributed by atoms with Crippen LogP contribution in [0.4, 0.5) is 5.69 Å². The van der Waals surface area contributed by atoms with Crippen LogP contribution in [0, 0.1) is 0 Å². The van der Waals surface area contributed by atoms with Crippen LogP contribution in [0.15, 0.2) is 59.5 Å². The van der Waals surface area contributed by atoms with E-state index in [0.717, 1.165) is 5.39 Å². The average Bonchev–Trinajstić information content (AvgIpc) is 2.55. The predicted octanol–water partition coefficient (Wildman–Crippen LogP) is 2.67. The van der Waals surface area contributed by atoms with Gasteiger partial charge < -0.3 is 5.32 Å². The van der Waals surface area contributed by atoms with Crippen LogP contribution in [-0.4, -0.2) is 15.5 Å². The molecule has 0 radical (unpaired) electrons. The second-order valence-corrected chi connectivity index (χ2v) is 4.84. The molecule has 1 aromatic carbocycles. The topological polar surface area (TPSA) is 64.0 Å². The second kappa shape index (κ2) is 5.81. The van der Waals surface area contributed by atoms with Crippen LogP contribution in [-0.2, 0) is 6.54 Å². The third-order valence-electron chi connectivity index (χ3n) is 3.44. The molecule has 0 aliphatic rings. The first-order valence-electron chi connectivity index (χ1n) is 7.05. The number of anilines is 1. The number of carbonyl (C=O) groups excluding carboxylic acids is 1. The van der Waals surface area contributed by atoms with Crippen LogP contribution >= 0.6 is 0 Å². The highest BCUT2D eigenvalue weighted by molar-refractivity contribution is 6.05. The largest absolute Gasteiger partial charge is 0.322 e. The first-order chi connectivity index (χ1) is 10.7. The maximum atomic E-state index is 12.5. The number of para-hydroxylation sites is 1. The highest BCUT2D eigenvalue weighted by Gasteiger charge is 2.15. The van der Waals surface area contributed by atoms with Crippen molar-refractivity contribution in [3.63, 3.8) is 0 Å². The Labute approximate surface area is 127 Å². The maximum absolute atomic E-state index is 12.5. The van der Waals surface area contributed by atoms with E-state index in [1.165, 1.54) is 4.57 Å². The average molecular weight is 293 g/mol. The quantitative estimate of drug-likeness (QED) is 0.807. The van der Waals surface area contributed by atoms with Crippen LogP contribution in [0.3, 0.4) is 0 Å². The lowest BCUT2D eigenvalue weighted by atomic mass is 10.2. The van der Waals surface area contributed by atoms with Crippen molar-refractivity contribution >= 4 is 22.6 Å². The molecule has 2 heterocycles. The molecule has 1 amide bonds. The zero-order valence-electron chi connectivity index (χ0n) is 12.1. The zero-order valence-corrected chi connectivity index (χ0v) is 12.1. The van der Waals surface area contributed by atoms with Gasteiger partial charge in [0.1, 0.15) is 11.2 Å². The summed E-state index contributed by atoms with van der Waals surface area (Å²) < 4.78 is 1.51. The van der Waals surface area contributed by atoms with Crippen molar-refractivity contribution in [1.82, 2.24) is 9.55 Å². The zero-order chi connectivity index (χ0) is 15.5. The maximum Gasteiger partial charge on any atom is 0.265 e. The van der Waals surface area contributed by atoms with Crippen LogP contribution in [0.1, 0.15) is 17.3 Å². The molecule has 0 bridgehead atoms. The Hall–Kier alpha value is -2.95. The molecule has 1 N–H and O–H groups in total. The number of fused-ring (bicyclic) bond motifs is 1. The summed E-state index contributed by atoms with van der Waals surface area (Å²) in [6, 6.07) is 14.3. The molecule has 0 fully saturated rings. The van der Waals surface area contributed by atoms with E-state index >= 15 is 0 Å². The number of pyridine rings is 2. The summed E-state index contributed by atoms with van der Waals surface area (Å²) in [5.41, 5.74) is 1.03. The number of benzene rings is 1. The van der Waals surface area contributed by atoms with Crippen molar-refractivity contribution in [3.8, 4) is 0 Å².